The van der Waals surface area contributed by atoms with Gasteiger partial charge < -0.3 is 15.5 Å². The molecule has 1 aliphatic rings. The van der Waals surface area contributed by atoms with E-state index in [0.29, 0.717) is 23.9 Å². The van der Waals surface area contributed by atoms with Crippen LogP contribution in [0.15, 0.2) is 0 Å². The molecule has 1 aromatic rings. The van der Waals surface area contributed by atoms with E-state index in [4.69, 9.17) is 0 Å². The van der Waals surface area contributed by atoms with E-state index in [-0.39, 0.29) is 0 Å². The van der Waals surface area contributed by atoms with Gasteiger partial charge in [0.1, 0.15) is 0 Å². The Morgan fingerprint density at radius 2 is 1.67 bits per heavy atom. The Morgan fingerprint density at radius 1 is 1.05 bits per heavy atom. The summed E-state index contributed by atoms with van der Waals surface area (Å²) in [4.78, 5) is 15.8. The summed E-state index contributed by atoms with van der Waals surface area (Å²) in [6.45, 7) is 8.74. The van der Waals surface area contributed by atoms with Gasteiger partial charge in [-0.1, -0.05) is 26.7 Å². The minimum atomic E-state index is 0.360. The standard InChI is InChI=1S/C15H28N6/c1-5-12(6-2)11(3)17-14-18-13(16-4)19-15(20-14)21-9-7-8-10-21/h11-12H,5-10H2,1-4H3,(H2,16,17,18,19,20). The lowest BCUT2D eigenvalue weighted by Crippen LogP contribution is -2.27. The van der Waals surface area contributed by atoms with Crippen molar-refractivity contribution in [3.8, 4) is 0 Å². The highest BCUT2D eigenvalue weighted by molar-refractivity contribution is 5.44. The molecule has 2 heterocycles. The molecule has 2 N–H and O–H groups in total. The summed E-state index contributed by atoms with van der Waals surface area (Å²) in [6.07, 6.45) is 4.75. The first-order valence-corrected chi connectivity index (χ1v) is 8.13. The van der Waals surface area contributed by atoms with E-state index in [1.54, 1.807) is 0 Å². The van der Waals surface area contributed by atoms with Crippen molar-refractivity contribution in [2.75, 3.05) is 35.7 Å². The number of aromatic nitrogens is 3. The molecule has 2 rings (SSSR count). The van der Waals surface area contributed by atoms with Gasteiger partial charge in [-0.05, 0) is 25.7 Å². The molecule has 0 saturated carbocycles. The van der Waals surface area contributed by atoms with Crippen LogP contribution in [0.25, 0.3) is 0 Å². The van der Waals surface area contributed by atoms with Crippen LogP contribution < -0.4 is 15.5 Å². The zero-order valence-electron chi connectivity index (χ0n) is 13.7. The third-order valence-electron chi connectivity index (χ3n) is 4.35. The minimum Gasteiger partial charge on any atom is -0.357 e. The van der Waals surface area contributed by atoms with Crippen LogP contribution in [0.1, 0.15) is 46.5 Å². The molecule has 6 heteroatoms. The van der Waals surface area contributed by atoms with E-state index in [9.17, 15) is 0 Å². The Morgan fingerprint density at radius 3 is 2.24 bits per heavy atom. The third kappa shape index (κ3) is 3.95. The van der Waals surface area contributed by atoms with E-state index >= 15 is 0 Å². The Labute approximate surface area is 127 Å². The Kier molecular flexibility index (Phi) is 5.59. The number of rotatable bonds is 7. The average Bonchev–Trinajstić information content (AvgIpc) is 3.02. The van der Waals surface area contributed by atoms with Crippen molar-refractivity contribution >= 4 is 17.8 Å². The van der Waals surface area contributed by atoms with E-state index < -0.39 is 0 Å². The summed E-state index contributed by atoms with van der Waals surface area (Å²) in [5, 5.41) is 6.49. The lowest BCUT2D eigenvalue weighted by Gasteiger charge is -2.23. The van der Waals surface area contributed by atoms with Crippen molar-refractivity contribution < 1.29 is 0 Å². The molecule has 21 heavy (non-hydrogen) atoms. The summed E-state index contributed by atoms with van der Waals surface area (Å²) in [7, 11) is 1.84. The highest BCUT2D eigenvalue weighted by atomic mass is 15.3. The number of hydrogen-bond donors (Lipinski definition) is 2. The SMILES string of the molecule is CCC(CC)C(C)Nc1nc(NC)nc(N2CCCC2)n1. The summed E-state index contributed by atoms with van der Waals surface area (Å²) < 4.78 is 0. The number of nitrogens with one attached hydrogen (secondary N) is 2. The summed E-state index contributed by atoms with van der Waals surface area (Å²) in [6, 6.07) is 0.360. The van der Waals surface area contributed by atoms with Gasteiger partial charge in [-0.3, -0.25) is 0 Å². The number of hydrogen-bond acceptors (Lipinski definition) is 6. The van der Waals surface area contributed by atoms with E-state index in [1.165, 1.54) is 12.8 Å². The second-order valence-electron chi connectivity index (χ2n) is 5.74. The maximum absolute atomic E-state index is 4.61. The molecule has 6 nitrogen and oxygen atoms in total. The minimum absolute atomic E-state index is 0.360. The molecule has 1 aromatic heterocycles. The molecule has 0 spiro atoms. The van der Waals surface area contributed by atoms with E-state index in [0.717, 1.165) is 31.9 Å². The van der Waals surface area contributed by atoms with Crippen molar-refractivity contribution in [2.45, 2.75) is 52.5 Å². The summed E-state index contributed by atoms with van der Waals surface area (Å²) in [5.74, 6) is 2.72. The number of anilines is 3. The van der Waals surface area contributed by atoms with Crippen LogP contribution >= 0.6 is 0 Å². The Hall–Kier alpha value is -1.59. The van der Waals surface area contributed by atoms with Crippen LogP contribution in [0.3, 0.4) is 0 Å². The molecular weight excluding hydrogens is 264 g/mol. The molecule has 0 radical (unpaired) electrons. The van der Waals surface area contributed by atoms with Gasteiger partial charge in [-0.2, -0.15) is 15.0 Å². The third-order valence-corrected chi connectivity index (χ3v) is 4.35. The van der Waals surface area contributed by atoms with Gasteiger partial charge in [0, 0.05) is 26.2 Å². The fraction of sp³-hybridized carbons (Fsp3) is 0.800. The molecule has 1 saturated heterocycles. The maximum Gasteiger partial charge on any atom is 0.231 e. The van der Waals surface area contributed by atoms with E-state index in [1.807, 2.05) is 7.05 Å². The van der Waals surface area contributed by atoms with Gasteiger partial charge >= 0.3 is 0 Å². The van der Waals surface area contributed by atoms with Crippen molar-refractivity contribution in [2.24, 2.45) is 5.92 Å². The molecule has 118 valence electrons. The lowest BCUT2D eigenvalue weighted by molar-refractivity contribution is 0.436. The predicted octanol–water partition coefficient (Wildman–Crippen LogP) is 2.75. The first-order chi connectivity index (χ1) is 10.2. The van der Waals surface area contributed by atoms with Crippen molar-refractivity contribution in [1.29, 1.82) is 0 Å². The topological polar surface area (TPSA) is 66.0 Å². The van der Waals surface area contributed by atoms with Gasteiger partial charge in [0.15, 0.2) is 0 Å². The van der Waals surface area contributed by atoms with Gasteiger partial charge in [-0.25, -0.2) is 0 Å². The fourth-order valence-electron chi connectivity index (χ4n) is 2.92. The largest absolute Gasteiger partial charge is 0.357 e. The Balaban J connectivity index is 2.16. The first-order valence-electron chi connectivity index (χ1n) is 8.13. The smallest absolute Gasteiger partial charge is 0.231 e. The molecule has 1 aliphatic heterocycles. The molecule has 0 bridgehead atoms. The lowest BCUT2D eigenvalue weighted by atomic mass is 9.96. The summed E-state index contributed by atoms with van der Waals surface area (Å²) >= 11 is 0. The normalized spacial score (nSPS) is 16.3. The predicted molar refractivity (Wildman–Crippen MR) is 88.0 cm³/mol. The summed E-state index contributed by atoms with van der Waals surface area (Å²) in [5.41, 5.74) is 0. The van der Waals surface area contributed by atoms with Gasteiger partial charge in [0.25, 0.3) is 0 Å². The highest BCUT2D eigenvalue weighted by Gasteiger charge is 2.19. The molecule has 1 fully saturated rings. The monoisotopic (exact) mass is 292 g/mol. The van der Waals surface area contributed by atoms with Gasteiger partial charge in [-0.15, -0.1) is 0 Å². The highest BCUT2D eigenvalue weighted by Crippen LogP contribution is 2.21. The first kappa shape index (κ1) is 15.8. The van der Waals surface area contributed by atoms with Gasteiger partial charge in [0.05, 0.1) is 0 Å². The molecule has 0 amide bonds. The second-order valence-corrected chi connectivity index (χ2v) is 5.74. The van der Waals surface area contributed by atoms with Crippen LogP contribution in [0.4, 0.5) is 17.8 Å². The zero-order chi connectivity index (χ0) is 15.2. The molecule has 1 unspecified atom stereocenters. The van der Waals surface area contributed by atoms with Crippen LogP contribution in [0.2, 0.25) is 0 Å². The van der Waals surface area contributed by atoms with Crippen LogP contribution in [0, 0.1) is 5.92 Å². The van der Waals surface area contributed by atoms with Gasteiger partial charge in [0.2, 0.25) is 17.8 Å². The molecule has 0 aromatic carbocycles. The average molecular weight is 292 g/mol. The van der Waals surface area contributed by atoms with Crippen LogP contribution in [-0.4, -0.2) is 41.1 Å². The quantitative estimate of drug-likeness (QED) is 0.805. The van der Waals surface area contributed by atoms with Crippen molar-refractivity contribution in [3.05, 3.63) is 0 Å². The second kappa shape index (κ2) is 7.43. The number of nitrogens with zero attached hydrogens (tertiary/aromatic N) is 4. The van der Waals surface area contributed by atoms with Crippen molar-refractivity contribution in [1.82, 2.24) is 15.0 Å². The van der Waals surface area contributed by atoms with E-state index in [2.05, 4.69) is 51.3 Å². The maximum atomic E-state index is 4.61. The van der Waals surface area contributed by atoms with Crippen LogP contribution in [-0.2, 0) is 0 Å². The molecular formula is C15H28N6. The fourth-order valence-corrected chi connectivity index (χ4v) is 2.92. The zero-order valence-corrected chi connectivity index (χ0v) is 13.7. The van der Waals surface area contributed by atoms with Crippen LogP contribution in [0.5, 0.6) is 0 Å². The Bertz CT molecular complexity index is 440. The molecule has 1 atom stereocenters. The molecule has 0 aliphatic carbocycles. The van der Waals surface area contributed by atoms with Crippen molar-refractivity contribution in [3.63, 3.8) is 0 Å².